The van der Waals surface area contributed by atoms with E-state index >= 15 is 0 Å². The number of aromatic nitrogens is 34. The van der Waals surface area contributed by atoms with Crippen molar-refractivity contribution in [3.05, 3.63) is 262 Å². The molecule has 19 rings (SSSR count). The normalized spacial score (nSPS) is 10.1. The Balaban J connectivity index is 0.000000403. The molecule has 0 radical (unpaired) electrons. The average Bonchev–Trinajstić information content (AvgIpc) is 1.62. The van der Waals surface area contributed by atoms with Crippen LogP contribution in [0, 0.1) is 318 Å². The fourth-order valence-corrected chi connectivity index (χ4v) is 17.0. The smallest absolute Gasteiger partial charge is 0.191 e. The molecule has 17 aromatic heterocycles. The van der Waals surface area contributed by atoms with E-state index in [4.69, 9.17) is 8.94 Å². The molecule has 0 amide bonds. The van der Waals surface area contributed by atoms with E-state index in [1.807, 2.05) is 204 Å². The highest BCUT2D eigenvalue weighted by Crippen LogP contribution is 2.33. The summed E-state index contributed by atoms with van der Waals surface area (Å²) in [5.74, 6) is 11.8. The SMILES string of the molecule is Cc1c(C)c(C)c2c(nc(C)n2C)c1C.Cc1nc(C)c(C)c(C)c1C.Cc1nc(C)c(C)o1.Cc1nc(C)c(C)s1.Cc1nc(C)n(C)c1C.Cc1nc(C)n(C)n1.Cc1nc2c(C)c(C)c(C)c(C)c2s1.Cc1ncns1.Cc1nn(C)c(C)c1C.Cc1nnc(C)n1C.Cc1nnc(C)s1.Cc1nnn(C)n1.Cc1nnnn1C.Cc1noc(C)c1C.Cc1nsc(C)c1C.Cc1nsc(C)n1.Cc1nsc(C)n1. The lowest BCUT2D eigenvalue weighted by atomic mass is 9.97. The summed E-state index contributed by atoms with van der Waals surface area (Å²) in [6.45, 7) is 93.3. The zero-order valence-corrected chi connectivity index (χ0v) is 103. The molecule has 0 saturated heterocycles. The van der Waals surface area contributed by atoms with E-state index in [0.717, 1.165) is 145 Å². The minimum Gasteiger partial charge on any atom is -0.446 e. The molecule has 0 aliphatic heterocycles. The Labute approximate surface area is 899 Å². The Morgan fingerprint density at radius 1 is 0.259 bits per heavy atom. The van der Waals surface area contributed by atoms with Crippen LogP contribution in [-0.4, -0.2) is 167 Å². The van der Waals surface area contributed by atoms with Crippen LogP contribution in [0.1, 0.15) is 255 Å². The molecule has 2 aromatic carbocycles. The summed E-state index contributed by atoms with van der Waals surface area (Å²) in [5.41, 5.74) is 33.9. The number of rotatable bonds is 0. The van der Waals surface area contributed by atoms with Crippen LogP contribution in [0.4, 0.5) is 0 Å². The van der Waals surface area contributed by atoms with Gasteiger partial charge in [0, 0.05) is 87.3 Å². The van der Waals surface area contributed by atoms with E-state index in [2.05, 4.69) is 296 Å². The van der Waals surface area contributed by atoms with Crippen molar-refractivity contribution in [2.45, 2.75) is 318 Å². The first-order chi connectivity index (χ1) is 68.3. The number of hydrogen-bond donors (Lipinski definition) is 0. The minimum atomic E-state index is 0.711. The molecule has 36 nitrogen and oxygen atoms in total. The molecule has 17 heterocycles. The molecule has 0 aliphatic rings. The third-order valence-corrected chi connectivity index (χ3v) is 30.1. The summed E-state index contributed by atoms with van der Waals surface area (Å²) in [7, 11) is 13.5. The van der Waals surface area contributed by atoms with Crippen molar-refractivity contribution in [3.63, 3.8) is 0 Å². The molecule has 19 aromatic rings. The Bertz CT molecular complexity index is 6520. The molecule has 0 saturated carbocycles. The van der Waals surface area contributed by atoms with E-state index in [1.54, 1.807) is 82.3 Å². The summed E-state index contributed by atoms with van der Waals surface area (Å²) in [6.07, 6.45) is 1.56. The van der Waals surface area contributed by atoms with Gasteiger partial charge in [-0.25, -0.2) is 49.5 Å². The lowest BCUT2D eigenvalue weighted by Crippen LogP contribution is -1.98. The van der Waals surface area contributed by atoms with Crippen molar-refractivity contribution >= 4 is 101 Å². The lowest BCUT2D eigenvalue weighted by molar-refractivity contribution is 0.392. The number of oxazole rings is 1. The summed E-state index contributed by atoms with van der Waals surface area (Å²) in [5, 5.41) is 56.3. The van der Waals surface area contributed by atoms with E-state index < -0.39 is 0 Å². The Morgan fingerprint density at radius 2 is 0.776 bits per heavy atom. The van der Waals surface area contributed by atoms with Crippen molar-refractivity contribution in [2.24, 2.45) is 49.3 Å². The Morgan fingerprint density at radius 3 is 1.01 bits per heavy atom. The maximum atomic E-state index is 5.10. The second-order valence-electron chi connectivity index (χ2n) is 35.3. The molecule has 0 unspecified atom stereocenters. The van der Waals surface area contributed by atoms with Crippen molar-refractivity contribution in [3.8, 4) is 0 Å². The second-order valence-corrected chi connectivity index (χ2v) is 43.2. The summed E-state index contributed by atoms with van der Waals surface area (Å²) in [4.78, 5) is 46.2. The fourth-order valence-electron chi connectivity index (χ4n) is 12.6. The number of pyridine rings is 1. The van der Waals surface area contributed by atoms with Gasteiger partial charge in [-0.1, -0.05) is 5.16 Å². The molecule has 0 atom stereocenters. The third kappa shape index (κ3) is 41.7. The molecular weight excluding hydrogens is 1980 g/mol. The van der Waals surface area contributed by atoms with Gasteiger partial charge < -0.3 is 22.6 Å². The number of benzene rings is 2. The van der Waals surface area contributed by atoms with Gasteiger partial charge in [0.1, 0.15) is 95.3 Å². The standard InChI is InChI=1S/C13H18N2.C12H15NS.C10H15N.2C7H12N2.2C6H9NO.2C6H9NS.2C5H9N3.3C4H6N2S.2C3H6N4.C3H4N2S/c1-7-8(2)10(4)13-12(9(7)3)14-11(5)15(13)6;1-6-7(2)9(4)12-11(8(6)3)13-10(5)14-12;1-6-7(2)9(4)11-10(5)8(6)3;1-5-6(2)9(4)7(3)8-5;1-5-6(2)8-9(4)7(5)3;1-4-5(2)8-6(3)7-4;1-4-5(2)7-8-6(4)3;1-4-5(2)8-6(3)7-4;1-4-5(2)7-8-6(4)3;1-4-6-7-5(2)8(4)3;1-4-6-5(2)8(3)7-4;1-3-5-6-4(2)7-3;2*1-3-5-4(2)7-6-3;1-3-4-5-6-7(3)2;1-3-4-6-7(2)5-3;1-3-4-2-5-6-3/h1-6H3;1-5H3;1-5H3;2*1-4H3;6*1-3H3;5*1-2H3;2H,1H3. The van der Waals surface area contributed by atoms with Crippen molar-refractivity contribution in [2.75, 3.05) is 0 Å². The fraction of sp³-hybridized carbons (Fsp3) is 0.510. The number of nitrogens with zero attached hydrogens (tertiary/aromatic N) is 34. The van der Waals surface area contributed by atoms with Crippen LogP contribution in [0.5, 0.6) is 0 Å². The van der Waals surface area contributed by atoms with Crippen LogP contribution >= 0.6 is 80.1 Å². The first kappa shape index (κ1) is 129. The van der Waals surface area contributed by atoms with Gasteiger partial charge in [-0.05, 0) is 446 Å². The van der Waals surface area contributed by atoms with Gasteiger partial charge in [-0.2, -0.15) is 32.5 Å². The molecule has 43 heteroatoms. The Kier molecular flexibility index (Phi) is 53.9. The number of fused-ring (bicyclic) bond motifs is 2. The number of imidazole rings is 2. The highest BCUT2D eigenvalue weighted by Gasteiger charge is 2.17. The molecule has 0 bridgehead atoms. The molecule has 147 heavy (non-hydrogen) atoms. The Hall–Kier alpha value is -12.3. The van der Waals surface area contributed by atoms with Crippen LogP contribution in [0.25, 0.3) is 21.3 Å². The van der Waals surface area contributed by atoms with Gasteiger partial charge in [0.25, 0.3) is 0 Å². The van der Waals surface area contributed by atoms with Crippen LogP contribution in [0.3, 0.4) is 0 Å². The first-order valence-corrected chi connectivity index (χ1v) is 53.2. The molecule has 0 N–H and O–H groups in total. The van der Waals surface area contributed by atoms with Gasteiger partial charge in [-0.3, -0.25) is 14.3 Å². The summed E-state index contributed by atoms with van der Waals surface area (Å²) in [6, 6.07) is 0. The first-order valence-electron chi connectivity index (χ1n) is 47.6. The van der Waals surface area contributed by atoms with Gasteiger partial charge >= 0.3 is 0 Å². The molecule has 800 valence electrons. The predicted octanol–water partition coefficient (Wildman–Crippen LogP) is 23.8. The van der Waals surface area contributed by atoms with Gasteiger partial charge in [0.2, 0.25) is 0 Å². The largest absolute Gasteiger partial charge is 0.446 e. The van der Waals surface area contributed by atoms with Crippen LogP contribution in [0.2, 0.25) is 0 Å². The van der Waals surface area contributed by atoms with Crippen LogP contribution in [0.15, 0.2) is 15.3 Å². The van der Waals surface area contributed by atoms with Gasteiger partial charge in [0.05, 0.1) is 72.5 Å². The number of aryl methyl sites for hydroxylation is 39. The van der Waals surface area contributed by atoms with E-state index in [-0.39, 0.29) is 0 Å². The van der Waals surface area contributed by atoms with E-state index in [0.29, 0.717) is 5.82 Å². The van der Waals surface area contributed by atoms with Crippen LogP contribution < -0.4 is 0 Å². The lowest BCUT2D eigenvalue weighted by Gasteiger charge is -2.11. The van der Waals surface area contributed by atoms with Crippen molar-refractivity contribution in [1.82, 2.24) is 167 Å². The number of thiazole rings is 2. The zero-order chi connectivity index (χ0) is 112. The molecule has 0 spiro atoms. The number of hydrogen-bond acceptors (Lipinski definition) is 36. The van der Waals surface area contributed by atoms with Crippen LogP contribution in [-0.2, 0) is 49.3 Å². The van der Waals surface area contributed by atoms with Crippen molar-refractivity contribution in [1.29, 1.82) is 0 Å². The molecule has 0 fully saturated rings. The van der Waals surface area contributed by atoms with Gasteiger partial charge in [0.15, 0.2) is 11.7 Å². The summed E-state index contributed by atoms with van der Waals surface area (Å²) >= 11 is 11.1. The zero-order valence-electron chi connectivity index (χ0n) is 97.5. The predicted molar refractivity (Wildman–Crippen MR) is 605 cm³/mol. The second kappa shape index (κ2) is 61.5. The maximum Gasteiger partial charge on any atom is 0.191 e. The van der Waals surface area contributed by atoms with E-state index in [9.17, 15) is 0 Å². The highest BCUT2D eigenvalue weighted by molar-refractivity contribution is 7.18. The quantitative estimate of drug-likeness (QED) is 0.136. The third-order valence-electron chi connectivity index (χ3n) is 24.3. The number of tetrazole rings is 2. The van der Waals surface area contributed by atoms with Gasteiger partial charge in [-0.15, -0.1) is 69.7 Å². The topological polar surface area (TPSA) is 409 Å². The monoisotopic (exact) mass is 2140 g/mol. The average molecular weight is 2140 g/mol. The molecule has 0 aliphatic carbocycles. The molecular formula is C104H160N34O2S7. The van der Waals surface area contributed by atoms with Crippen molar-refractivity contribution < 1.29 is 8.94 Å². The highest BCUT2D eigenvalue weighted by atomic mass is 32.1. The minimum absolute atomic E-state index is 0.711. The maximum absolute atomic E-state index is 5.10. The summed E-state index contributed by atoms with van der Waals surface area (Å²) < 4.78 is 38.6. The van der Waals surface area contributed by atoms with E-state index in [1.165, 1.54) is 165 Å².